The van der Waals surface area contributed by atoms with Crippen LogP contribution in [0, 0.1) is 0 Å². The molecule has 5 heteroatoms. The van der Waals surface area contributed by atoms with Gasteiger partial charge >= 0.3 is 35.5 Å². The van der Waals surface area contributed by atoms with Gasteiger partial charge < -0.3 is 15.0 Å². The van der Waals surface area contributed by atoms with Gasteiger partial charge in [0.15, 0.2) is 0 Å². The van der Waals surface area contributed by atoms with Crippen molar-refractivity contribution in [3.8, 4) is 5.75 Å². The summed E-state index contributed by atoms with van der Waals surface area (Å²) in [4.78, 5) is 18.9. The third kappa shape index (κ3) is 5.75. The summed E-state index contributed by atoms with van der Waals surface area (Å²) < 4.78 is 0. The quantitative estimate of drug-likeness (QED) is 0.418. The molecule has 1 aromatic carbocycles. The molecule has 0 aliphatic rings. The summed E-state index contributed by atoms with van der Waals surface area (Å²) in [6.45, 7) is 1.32. The molecule has 0 radical (unpaired) electrons. The van der Waals surface area contributed by atoms with Crippen LogP contribution in [0.1, 0.15) is 17.3 Å². The van der Waals surface area contributed by atoms with Crippen LogP contribution in [-0.4, -0.2) is 22.5 Å². The van der Waals surface area contributed by atoms with Crippen molar-refractivity contribution in [2.24, 2.45) is 0 Å². The van der Waals surface area contributed by atoms with Gasteiger partial charge in [0.2, 0.25) is 0 Å². The van der Waals surface area contributed by atoms with E-state index in [0.717, 1.165) is 0 Å². The number of benzene rings is 1. The van der Waals surface area contributed by atoms with E-state index in [4.69, 9.17) is 15.0 Å². The van der Waals surface area contributed by atoms with E-state index in [1.54, 1.807) is 12.1 Å². The summed E-state index contributed by atoms with van der Waals surface area (Å²) in [5.74, 6) is -1.31. The molecule has 0 atom stereocenters. The minimum Gasteiger partial charge on any atom is -0.542 e. The first-order valence-electron chi connectivity index (χ1n) is 3.43. The molecule has 0 spiro atoms. The van der Waals surface area contributed by atoms with Crippen molar-refractivity contribution in [1.82, 2.24) is 0 Å². The number of carboxylic acids is 1. The van der Waals surface area contributed by atoms with Crippen LogP contribution >= 0.6 is 0 Å². The van der Waals surface area contributed by atoms with Gasteiger partial charge in [-0.05, 0) is 12.1 Å². The third-order valence-corrected chi connectivity index (χ3v) is 1.13. The average Bonchev–Trinajstić information content (AvgIpc) is 2.06. The molecule has 0 fully saturated rings. The number of carbonyl (C=O) groups is 1. The van der Waals surface area contributed by atoms with Crippen molar-refractivity contribution >= 4 is 12.3 Å². The van der Waals surface area contributed by atoms with Crippen LogP contribution in [0.3, 0.4) is 0 Å². The maximum absolute atomic E-state index is 10.3. The van der Waals surface area contributed by atoms with Crippen molar-refractivity contribution < 1.29 is 49.4 Å². The van der Waals surface area contributed by atoms with Gasteiger partial charge in [-0.15, -0.1) is 0 Å². The molecule has 1 rings (SSSR count). The molecular formula is C9H9NaO4. The van der Waals surface area contributed by atoms with Gasteiger partial charge in [0, 0.05) is 0 Å². The minimum atomic E-state index is -1.11. The second-order valence-corrected chi connectivity index (χ2v) is 2.03. The number of carbonyl (C=O) groups excluding carboxylic acids is 1. The molecule has 14 heavy (non-hydrogen) atoms. The molecular weight excluding hydrogens is 195 g/mol. The van der Waals surface area contributed by atoms with Crippen molar-refractivity contribution in [2.75, 3.05) is 0 Å². The van der Waals surface area contributed by atoms with Crippen LogP contribution < -0.4 is 29.6 Å². The number of aromatic carboxylic acids is 1. The first kappa shape index (κ1) is 15.6. The minimum absolute atomic E-state index is 0. The van der Waals surface area contributed by atoms with Crippen LogP contribution in [0.15, 0.2) is 24.3 Å². The predicted octanol–water partition coefficient (Wildman–Crippen LogP) is -1.79. The Labute approximate surface area is 104 Å². The molecule has 2 N–H and O–H groups in total. The molecule has 0 amide bonds. The smallest absolute Gasteiger partial charge is 0.542 e. The fourth-order valence-electron chi connectivity index (χ4n) is 0.654. The van der Waals surface area contributed by atoms with E-state index in [2.05, 4.69) is 0 Å². The van der Waals surface area contributed by atoms with E-state index in [1.807, 2.05) is 0 Å². The second kappa shape index (κ2) is 8.74. The van der Waals surface area contributed by atoms with Gasteiger partial charge in [0.25, 0.3) is 0 Å². The van der Waals surface area contributed by atoms with Gasteiger partial charge in [0.1, 0.15) is 11.3 Å². The number of hydrogen-bond donors (Lipinski definition) is 2. The zero-order valence-corrected chi connectivity index (χ0v) is 10.0. The number of carboxylic acid groups (broad SMARTS) is 1. The zero-order chi connectivity index (χ0) is 10.3. The molecule has 4 nitrogen and oxygen atoms in total. The van der Waals surface area contributed by atoms with E-state index in [0.29, 0.717) is 0 Å². The van der Waals surface area contributed by atoms with Crippen molar-refractivity contribution in [3.63, 3.8) is 0 Å². The van der Waals surface area contributed by atoms with E-state index in [1.165, 1.54) is 25.3 Å². The Kier molecular flexibility index (Phi) is 9.76. The van der Waals surface area contributed by atoms with Crippen LogP contribution in [-0.2, 0) is 4.79 Å². The Balaban J connectivity index is 0. The van der Waals surface area contributed by atoms with Crippen LogP contribution in [0.2, 0.25) is 0 Å². The zero-order valence-electron chi connectivity index (χ0n) is 8.02. The monoisotopic (exact) mass is 204 g/mol. The van der Waals surface area contributed by atoms with Crippen molar-refractivity contribution in [2.45, 2.75) is 6.92 Å². The SMILES string of the molecule is C[C-]=O.O=C(O)c1ccccc1O.[Na+]. The Hall–Kier alpha value is -0.840. The maximum Gasteiger partial charge on any atom is 1.00 e. The summed E-state index contributed by atoms with van der Waals surface area (Å²) in [6, 6.07) is 5.81. The Bertz CT molecular complexity index is 299. The maximum atomic E-state index is 10.3. The largest absolute Gasteiger partial charge is 1.00 e. The normalized spacial score (nSPS) is 7.50. The van der Waals surface area contributed by atoms with E-state index < -0.39 is 5.97 Å². The summed E-state index contributed by atoms with van der Waals surface area (Å²) in [5, 5.41) is 17.3. The van der Waals surface area contributed by atoms with Gasteiger partial charge in [-0.2, -0.15) is 6.92 Å². The molecule has 0 saturated carbocycles. The summed E-state index contributed by atoms with van der Waals surface area (Å²) in [7, 11) is 0. The number of hydrogen-bond acceptors (Lipinski definition) is 3. The van der Waals surface area contributed by atoms with Gasteiger partial charge in [0.05, 0.1) is 0 Å². The second-order valence-electron chi connectivity index (χ2n) is 2.03. The molecule has 0 unspecified atom stereocenters. The standard InChI is InChI=1S/C7H6O3.C2H3O.Na/c8-6-4-2-1-3-5(6)7(9)10;1-2-3;/h1-4,8H,(H,9,10);1H3;/q;-1;+1. The van der Waals surface area contributed by atoms with Gasteiger partial charge in [-0.1, -0.05) is 12.1 Å². The number of phenols is 1. The van der Waals surface area contributed by atoms with Gasteiger partial charge in [-0.25, -0.2) is 4.79 Å². The Morgan fingerprint density at radius 2 is 1.79 bits per heavy atom. The van der Waals surface area contributed by atoms with Gasteiger partial charge in [-0.3, -0.25) is 6.29 Å². The van der Waals surface area contributed by atoms with E-state index >= 15 is 0 Å². The molecule has 0 aliphatic carbocycles. The number of para-hydroxylation sites is 1. The topological polar surface area (TPSA) is 74.6 Å². The Morgan fingerprint density at radius 1 is 1.36 bits per heavy atom. The van der Waals surface area contributed by atoms with Crippen molar-refractivity contribution in [3.05, 3.63) is 29.8 Å². The first-order valence-corrected chi connectivity index (χ1v) is 3.43. The van der Waals surface area contributed by atoms with E-state index in [9.17, 15) is 4.79 Å². The van der Waals surface area contributed by atoms with Crippen molar-refractivity contribution in [1.29, 1.82) is 0 Å². The molecule has 1 aromatic rings. The number of aromatic hydroxyl groups is 1. The van der Waals surface area contributed by atoms with E-state index in [-0.39, 0.29) is 40.9 Å². The summed E-state index contributed by atoms with van der Waals surface area (Å²) >= 11 is 0. The summed E-state index contributed by atoms with van der Waals surface area (Å²) in [6.07, 6.45) is 1.50. The number of rotatable bonds is 1. The fourth-order valence-corrected chi connectivity index (χ4v) is 0.654. The Morgan fingerprint density at radius 3 is 2.07 bits per heavy atom. The molecule has 0 aromatic heterocycles. The predicted molar refractivity (Wildman–Crippen MR) is 46.4 cm³/mol. The summed E-state index contributed by atoms with van der Waals surface area (Å²) in [5.41, 5.74) is -0.0671. The van der Waals surface area contributed by atoms with Crippen LogP contribution in [0.25, 0.3) is 0 Å². The average molecular weight is 204 g/mol. The van der Waals surface area contributed by atoms with Crippen LogP contribution in [0.4, 0.5) is 0 Å². The first-order chi connectivity index (χ1) is 6.13. The molecule has 0 heterocycles. The molecule has 0 saturated heterocycles. The molecule has 0 aliphatic heterocycles. The third-order valence-electron chi connectivity index (χ3n) is 1.13. The van der Waals surface area contributed by atoms with Crippen LogP contribution in [0.5, 0.6) is 5.75 Å². The molecule has 70 valence electrons. The molecule has 0 bridgehead atoms. The fraction of sp³-hybridized carbons (Fsp3) is 0.111.